The van der Waals surface area contributed by atoms with Crippen molar-refractivity contribution in [3.05, 3.63) is 12.3 Å². The summed E-state index contributed by atoms with van der Waals surface area (Å²) in [6, 6.07) is 0. The molecule has 0 aromatic heterocycles. The molecule has 0 saturated carbocycles. The molecule has 1 N–H and O–H groups in total. The summed E-state index contributed by atoms with van der Waals surface area (Å²) >= 11 is 0. The fourth-order valence-electron chi connectivity index (χ4n) is 0.185. The van der Waals surface area contributed by atoms with E-state index in [1.807, 2.05) is 0 Å². The van der Waals surface area contributed by atoms with Gasteiger partial charge in [0.05, 0.1) is 5.71 Å². The second kappa shape index (κ2) is 3.66. The fraction of sp³-hybridized carbons (Fsp3) is 0.333. The number of carboxylic acids is 1. The first-order valence-electron chi connectivity index (χ1n) is 2.64. The van der Waals surface area contributed by atoms with Gasteiger partial charge in [-0.3, -0.25) is 0 Å². The zero-order valence-corrected chi connectivity index (χ0v) is 5.92. The van der Waals surface area contributed by atoms with Crippen molar-refractivity contribution >= 4 is 11.7 Å². The van der Waals surface area contributed by atoms with Gasteiger partial charge in [0.2, 0.25) is 5.76 Å². The predicted molar refractivity (Wildman–Crippen MR) is 36.6 cm³/mol. The average Bonchev–Trinajstić information content (AvgIpc) is 1.82. The summed E-state index contributed by atoms with van der Waals surface area (Å²) < 4.78 is 0. The lowest BCUT2D eigenvalue weighted by Gasteiger charge is -1.95. The number of hydrogen-bond donors (Lipinski definition) is 1. The Balaban J connectivity index is 3.83. The molecule has 56 valence electrons. The maximum Gasteiger partial charge on any atom is 0.374 e. The molecule has 4 nitrogen and oxygen atoms in total. The van der Waals surface area contributed by atoms with Crippen molar-refractivity contribution in [2.24, 2.45) is 5.16 Å². The molecular formula is C6H9NO3. The topological polar surface area (TPSA) is 58.9 Å². The molecule has 0 aromatic carbocycles. The second-order valence-corrected chi connectivity index (χ2v) is 1.86. The zero-order chi connectivity index (χ0) is 8.15. The number of oxime groups is 1. The van der Waals surface area contributed by atoms with E-state index < -0.39 is 5.97 Å². The van der Waals surface area contributed by atoms with Gasteiger partial charge >= 0.3 is 5.97 Å². The molecule has 0 radical (unpaired) electrons. The molecule has 0 spiro atoms. The third-order valence-electron chi connectivity index (χ3n) is 0.577. The fourth-order valence-corrected chi connectivity index (χ4v) is 0.185. The lowest BCUT2D eigenvalue weighted by Crippen LogP contribution is -2.00. The van der Waals surface area contributed by atoms with Gasteiger partial charge in [-0.2, -0.15) is 0 Å². The smallest absolute Gasteiger partial charge is 0.374 e. The molecule has 0 fully saturated rings. The van der Waals surface area contributed by atoms with Crippen molar-refractivity contribution in [1.29, 1.82) is 0 Å². The van der Waals surface area contributed by atoms with Crippen LogP contribution in [0.5, 0.6) is 0 Å². The molecule has 10 heavy (non-hydrogen) atoms. The molecule has 0 saturated heterocycles. The normalized spacial score (nSPS) is 8.20. The highest BCUT2D eigenvalue weighted by atomic mass is 16.6. The summed E-state index contributed by atoms with van der Waals surface area (Å²) in [4.78, 5) is 14.4. The Kier molecular flexibility index (Phi) is 3.17. The molecule has 0 aliphatic carbocycles. The number of carbonyl (C=O) groups is 1. The highest BCUT2D eigenvalue weighted by Crippen LogP contribution is 1.93. The summed E-state index contributed by atoms with van der Waals surface area (Å²) in [7, 11) is 0. The van der Waals surface area contributed by atoms with Gasteiger partial charge in [0.25, 0.3) is 0 Å². The number of hydrogen-bond acceptors (Lipinski definition) is 3. The Labute approximate surface area is 58.8 Å². The van der Waals surface area contributed by atoms with Gasteiger partial charge in [-0.05, 0) is 20.4 Å². The number of nitrogens with zero attached hydrogens (tertiary/aromatic N) is 1. The van der Waals surface area contributed by atoms with E-state index in [-0.39, 0.29) is 5.76 Å². The quantitative estimate of drug-likeness (QED) is 0.277. The minimum absolute atomic E-state index is 0.374. The van der Waals surface area contributed by atoms with Gasteiger partial charge in [0.15, 0.2) is 0 Å². The van der Waals surface area contributed by atoms with Gasteiger partial charge in [0, 0.05) is 0 Å². The van der Waals surface area contributed by atoms with Crippen molar-refractivity contribution in [3.63, 3.8) is 0 Å². The van der Waals surface area contributed by atoms with E-state index in [1.54, 1.807) is 13.8 Å². The van der Waals surface area contributed by atoms with E-state index in [0.717, 1.165) is 0 Å². The van der Waals surface area contributed by atoms with Crippen molar-refractivity contribution in [1.82, 2.24) is 0 Å². The molecule has 0 bridgehead atoms. The molecule has 0 aromatic rings. The first-order chi connectivity index (χ1) is 4.54. The third-order valence-corrected chi connectivity index (χ3v) is 0.577. The van der Waals surface area contributed by atoms with Crippen LogP contribution in [0.3, 0.4) is 0 Å². The van der Waals surface area contributed by atoms with Crippen LogP contribution in [0.25, 0.3) is 0 Å². The Hall–Kier alpha value is -1.32. The van der Waals surface area contributed by atoms with E-state index in [2.05, 4.69) is 16.6 Å². The molecule has 0 heterocycles. The Morgan fingerprint density at radius 3 is 2.40 bits per heavy atom. The van der Waals surface area contributed by atoms with Crippen molar-refractivity contribution < 1.29 is 14.7 Å². The zero-order valence-electron chi connectivity index (χ0n) is 5.92. The summed E-state index contributed by atoms with van der Waals surface area (Å²) in [6.07, 6.45) is 0. The Morgan fingerprint density at radius 1 is 1.60 bits per heavy atom. The first kappa shape index (κ1) is 8.68. The summed E-state index contributed by atoms with van der Waals surface area (Å²) in [5.41, 5.74) is 0.641. The standard InChI is InChI=1S/C6H9NO3/c1-4(2)7-10-5(3)6(8)9/h3H2,1-2H3,(H,8,9). The maximum absolute atomic E-state index is 10.0. The largest absolute Gasteiger partial charge is 0.475 e. The Bertz CT molecular complexity index is 179. The van der Waals surface area contributed by atoms with Gasteiger partial charge < -0.3 is 9.94 Å². The van der Waals surface area contributed by atoms with Crippen molar-refractivity contribution in [2.75, 3.05) is 0 Å². The lowest BCUT2D eigenvalue weighted by atomic mass is 10.5. The first-order valence-corrected chi connectivity index (χ1v) is 2.64. The molecule has 4 heteroatoms. The molecule has 0 rings (SSSR count). The minimum atomic E-state index is -1.20. The van der Waals surface area contributed by atoms with Crippen LogP contribution in [-0.4, -0.2) is 16.8 Å². The molecule has 0 aliphatic rings. The average molecular weight is 143 g/mol. The van der Waals surface area contributed by atoms with E-state index in [4.69, 9.17) is 5.11 Å². The SMILES string of the molecule is C=C(ON=C(C)C)C(=O)O. The maximum atomic E-state index is 10.0. The van der Waals surface area contributed by atoms with E-state index in [0.29, 0.717) is 5.71 Å². The third kappa shape index (κ3) is 3.65. The van der Waals surface area contributed by atoms with Crippen LogP contribution in [0.15, 0.2) is 17.5 Å². The van der Waals surface area contributed by atoms with Crippen LogP contribution in [0.2, 0.25) is 0 Å². The molecule has 0 atom stereocenters. The monoisotopic (exact) mass is 143 g/mol. The number of rotatable bonds is 3. The van der Waals surface area contributed by atoms with E-state index in [1.165, 1.54) is 0 Å². The summed E-state index contributed by atoms with van der Waals surface area (Å²) in [5.74, 6) is -1.58. The molecule has 0 unspecified atom stereocenters. The molecular weight excluding hydrogens is 134 g/mol. The van der Waals surface area contributed by atoms with Crippen LogP contribution in [0.1, 0.15) is 13.8 Å². The van der Waals surface area contributed by atoms with Gasteiger partial charge in [-0.25, -0.2) is 4.79 Å². The van der Waals surface area contributed by atoms with Crippen LogP contribution < -0.4 is 0 Å². The van der Waals surface area contributed by atoms with E-state index >= 15 is 0 Å². The van der Waals surface area contributed by atoms with Gasteiger partial charge in [-0.15, -0.1) is 0 Å². The van der Waals surface area contributed by atoms with Crippen LogP contribution in [0.4, 0.5) is 0 Å². The van der Waals surface area contributed by atoms with Crippen LogP contribution in [-0.2, 0) is 9.63 Å². The summed E-state index contributed by atoms with van der Waals surface area (Å²) in [5, 5.41) is 11.6. The predicted octanol–water partition coefficient (Wildman–Crippen LogP) is 0.997. The highest BCUT2D eigenvalue weighted by Gasteiger charge is 2.03. The minimum Gasteiger partial charge on any atom is -0.475 e. The molecule has 0 aliphatic heterocycles. The summed E-state index contributed by atoms with van der Waals surface area (Å²) in [6.45, 7) is 6.48. The van der Waals surface area contributed by atoms with Crippen LogP contribution in [0, 0.1) is 0 Å². The van der Waals surface area contributed by atoms with Gasteiger partial charge in [0.1, 0.15) is 0 Å². The molecule has 0 amide bonds. The number of carboxylic acid groups (broad SMARTS) is 1. The van der Waals surface area contributed by atoms with Crippen LogP contribution >= 0.6 is 0 Å². The van der Waals surface area contributed by atoms with Crippen molar-refractivity contribution in [2.45, 2.75) is 13.8 Å². The Morgan fingerprint density at radius 2 is 2.10 bits per heavy atom. The highest BCUT2D eigenvalue weighted by molar-refractivity contribution is 5.84. The van der Waals surface area contributed by atoms with E-state index in [9.17, 15) is 4.79 Å². The lowest BCUT2D eigenvalue weighted by molar-refractivity contribution is -0.136. The number of aliphatic carboxylic acids is 1. The second-order valence-electron chi connectivity index (χ2n) is 1.86. The van der Waals surface area contributed by atoms with Gasteiger partial charge in [-0.1, -0.05) is 5.16 Å². The van der Waals surface area contributed by atoms with Crippen molar-refractivity contribution in [3.8, 4) is 0 Å².